The van der Waals surface area contributed by atoms with Gasteiger partial charge >= 0.3 is 0 Å². The number of hydrogen-bond acceptors (Lipinski definition) is 4. The molecule has 0 unspecified atom stereocenters. The van der Waals surface area contributed by atoms with Crippen LogP contribution >= 0.6 is 23.2 Å². The first-order valence-corrected chi connectivity index (χ1v) is 6.55. The molecular formula is C13H9Cl2N3O3. The van der Waals surface area contributed by atoms with Crippen LogP contribution in [0.25, 0.3) is 0 Å². The molecule has 6 nitrogen and oxygen atoms in total. The Bertz CT molecular complexity index is 753. The van der Waals surface area contributed by atoms with Crippen molar-refractivity contribution in [2.24, 2.45) is 0 Å². The number of nitrogens with one attached hydrogen (secondary N) is 1. The minimum Gasteiger partial charge on any atom is -0.487 e. The molecule has 1 aromatic carbocycles. The van der Waals surface area contributed by atoms with Gasteiger partial charge in [0.15, 0.2) is 0 Å². The van der Waals surface area contributed by atoms with E-state index in [1.54, 1.807) is 24.3 Å². The number of rotatable bonds is 4. The van der Waals surface area contributed by atoms with Crippen LogP contribution in [0.3, 0.4) is 0 Å². The molecule has 8 heteroatoms. The number of nitrogens with zero attached hydrogens (tertiary/aromatic N) is 2. The van der Waals surface area contributed by atoms with Crippen molar-refractivity contribution in [1.29, 1.82) is 5.26 Å². The Morgan fingerprint density at radius 1 is 1.29 bits per heavy atom. The van der Waals surface area contributed by atoms with Crippen LogP contribution in [-0.2, 0) is 6.61 Å². The van der Waals surface area contributed by atoms with Crippen LogP contribution in [0.1, 0.15) is 16.9 Å². The molecule has 1 aromatic heterocycles. The predicted octanol–water partition coefficient (Wildman–Crippen LogP) is 2.62. The lowest BCUT2D eigenvalue weighted by atomic mass is 10.3. The maximum absolute atomic E-state index is 11.6. The summed E-state index contributed by atoms with van der Waals surface area (Å²) in [5, 5.41) is 11.9. The lowest BCUT2D eigenvalue weighted by Crippen LogP contribution is -2.23. The van der Waals surface area contributed by atoms with E-state index in [2.05, 4.69) is 5.10 Å². The van der Waals surface area contributed by atoms with Gasteiger partial charge in [0.1, 0.15) is 18.8 Å². The van der Waals surface area contributed by atoms with Gasteiger partial charge in [0.25, 0.3) is 11.5 Å². The minimum atomic E-state index is -0.625. The summed E-state index contributed by atoms with van der Waals surface area (Å²) in [6.07, 6.45) is -0.384. The monoisotopic (exact) mass is 325 g/mol. The van der Waals surface area contributed by atoms with E-state index in [1.807, 2.05) is 0 Å². The third-order valence-electron chi connectivity index (χ3n) is 2.48. The zero-order chi connectivity index (χ0) is 15.4. The highest BCUT2D eigenvalue weighted by Gasteiger charge is 2.10. The van der Waals surface area contributed by atoms with Gasteiger partial charge in [-0.3, -0.25) is 14.7 Å². The Morgan fingerprint density at radius 3 is 2.57 bits per heavy atom. The highest BCUT2D eigenvalue weighted by Crippen LogP contribution is 2.24. The molecule has 0 saturated carbocycles. The summed E-state index contributed by atoms with van der Waals surface area (Å²) in [4.78, 5) is 23.1. The molecule has 1 heterocycles. The van der Waals surface area contributed by atoms with Crippen molar-refractivity contribution < 1.29 is 9.53 Å². The molecule has 2 rings (SSSR count). The van der Waals surface area contributed by atoms with Crippen molar-refractivity contribution in [2.75, 3.05) is 0 Å². The predicted molar refractivity (Wildman–Crippen MR) is 76.7 cm³/mol. The fourth-order valence-electron chi connectivity index (χ4n) is 1.62. The van der Waals surface area contributed by atoms with E-state index in [1.165, 1.54) is 6.07 Å². The van der Waals surface area contributed by atoms with E-state index < -0.39 is 11.5 Å². The summed E-state index contributed by atoms with van der Waals surface area (Å²) in [5.41, 5.74) is -0.152. The van der Waals surface area contributed by atoms with Gasteiger partial charge < -0.3 is 4.74 Å². The number of hydrogen-bond donors (Lipinski definition) is 1. The van der Waals surface area contributed by atoms with Gasteiger partial charge in [0.05, 0.1) is 11.8 Å². The van der Waals surface area contributed by atoms with Crippen molar-refractivity contribution in [3.8, 4) is 11.8 Å². The van der Waals surface area contributed by atoms with Crippen molar-refractivity contribution >= 4 is 29.1 Å². The third-order valence-corrected chi connectivity index (χ3v) is 2.92. The summed E-state index contributed by atoms with van der Waals surface area (Å²) in [7, 11) is 0. The Labute approximate surface area is 129 Å². The molecule has 108 valence electrons. The second-order valence-electron chi connectivity index (χ2n) is 4.08. The van der Waals surface area contributed by atoms with Gasteiger partial charge in [-0.2, -0.15) is 9.94 Å². The van der Waals surface area contributed by atoms with Crippen molar-refractivity contribution in [2.45, 2.75) is 13.0 Å². The standard InChI is InChI=1S/C13H9Cl2N3O3/c14-8-3-9(15)5-11(4-8)21-7-10-6-13(20)18(17-10)12(19)1-2-16/h3-6,17H,1,7H2. The molecule has 0 atom stereocenters. The van der Waals surface area contributed by atoms with Crippen molar-refractivity contribution in [3.63, 3.8) is 0 Å². The first-order valence-electron chi connectivity index (χ1n) is 5.79. The van der Waals surface area contributed by atoms with E-state index in [4.69, 9.17) is 33.2 Å². The second kappa shape index (κ2) is 6.48. The fourth-order valence-corrected chi connectivity index (χ4v) is 2.13. The molecule has 2 aromatic rings. The molecule has 0 aliphatic carbocycles. The molecule has 0 bridgehead atoms. The summed E-state index contributed by atoms with van der Waals surface area (Å²) >= 11 is 11.7. The molecule has 0 aliphatic heterocycles. The molecule has 21 heavy (non-hydrogen) atoms. The lowest BCUT2D eigenvalue weighted by Gasteiger charge is -2.05. The topological polar surface area (TPSA) is 87.9 Å². The van der Waals surface area contributed by atoms with Gasteiger partial charge in [-0.25, -0.2) is 0 Å². The number of aromatic amines is 1. The molecule has 0 fully saturated rings. The largest absolute Gasteiger partial charge is 0.487 e. The van der Waals surface area contributed by atoms with Crippen LogP contribution < -0.4 is 10.3 Å². The van der Waals surface area contributed by atoms with Gasteiger partial charge in [-0.1, -0.05) is 23.2 Å². The normalized spacial score (nSPS) is 10.1. The maximum Gasteiger partial charge on any atom is 0.274 e. The van der Waals surface area contributed by atoms with Gasteiger partial charge in [-0.05, 0) is 18.2 Å². The van der Waals surface area contributed by atoms with Crippen LogP contribution in [0.15, 0.2) is 29.1 Å². The van der Waals surface area contributed by atoms with Gasteiger partial charge in [0.2, 0.25) is 0 Å². The molecule has 0 aliphatic rings. The minimum absolute atomic E-state index is 0.0265. The van der Waals surface area contributed by atoms with Crippen LogP contribution in [0.2, 0.25) is 10.0 Å². The van der Waals surface area contributed by atoms with Crippen LogP contribution in [0.4, 0.5) is 0 Å². The molecule has 0 saturated heterocycles. The van der Waals surface area contributed by atoms with Crippen molar-refractivity contribution in [3.05, 3.63) is 50.4 Å². The van der Waals surface area contributed by atoms with E-state index in [-0.39, 0.29) is 13.0 Å². The summed E-state index contributed by atoms with van der Waals surface area (Å²) in [6.45, 7) is 0.0265. The molecule has 0 spiro atoms. The van der Waals surface area contributed by atoms with Crippen LogP contribution in [-0.4, -0.2) is 15.7 Å². The Kier molecular flexibility index (Phi) is 4.68. The SMILES string of the molecule is N#CCC(=O)n1[nH]c(COc2cc(Cl)cc(Cl)c2)cc1=O. The van der Waals surface area contributed by atoms with E-state index in [0.29, 0.717) is 21.5 Å². The van der Waals surface area contributed by atoms with Crippen molar-refractivity contribution in [1.82, 2.24) is 9.78 Å². The average Bonchev–Trinajstić information content (AvgIpc) is 2.77. The van der Waals surface area contributed by atoms with Crippen LogP contribution in [0.5, 0.6) is 5.75 Å². The number of H-pyrrole nitrogens is 1. The van der Waals surface area contributed by atoms with Gasteiger partial charge in [0, 0.05) is 16.1 Å². The first kappa shape index (κ1) is 15.2. The molecule has 1 N–H and O–H groups in total. The summed E-state index contributed by atoms with van der Waals surface area (Å²) in [6, 6.07) is 7.62. The highest BCUT2D eigenvalue weighted by molar-refractivity contribution is 6.34. The first-order chi connectivity index (χ1) is 9.99. The zero-order valence-electron chi connectivity index (χ0n) is 10.6. The van der Waals surface area contributed by atoms with E-state index in [9.17, 15) is 9.59 Å². The Hall–Kier alpha value is -2.23. The number of nitriles is 1. The maximum atomic E-state index is 11.6. The summed E-state index contributed by atoms with van der Waals surface area (Å²) in [5.74, 6) is -0.191. The molecule has 0 amide bonds. The smallest absolute Gasteiger partial charge is 0.274 e. The van der Waals surface area contributed by atoms with Gasteiger partial charge in [-0.15, -0.1) is 0 Å². The second-order valence-corrected chi connectivity index (χ2v) is 4.95. The summed E-state index contributed by atoms with van der Waals surface area (Å²) < 4.78 is 6.20. The number of ether oxygens (including phenoxy) is 1. The quantitative estimate of drug-likeness (QED) is 0.935. The number of aromatic nitrogens is 2. The number of carbonyl (C=O) groups excluding carboxylic acids is 1. The molecular weight excluding hydrogens is 317 g/mol. The molecule has 0 radical (unpaired) electrons. The lowest BCUT2D eigenvalue weighted by molar-refractivity contribution is 0.0898. The number of halogens is 2. The van der Waals surface area contributed by atoms with E-state index in [0.717, 1.165) is 4.68 Å². The average molecular weight is 326 g/mol. The van der Waals surface area contributed by atoms with E-state index >= 15 is 0 Å². The Balaban J connectivity index is 2.11. The zero-order valence-corrected chi connectivity index (χ0v) is 12.1. The Morgan fingerprint density at radius 2 is 1.95 bits per heavy atom. The third kappa shape index (κ3) is 3.88. The highest BCUT2D eigenvalue weighted by atomic mass is 35.5. The fraction of sp³-hybridized carbons (Fsp3) is 0.154. The number of carbonyl (C=O) groups is 1. The van der Waals surface area contributed by atoms with Crippen LogP contribution in [0, 0.1) is 11.3 Å². The number of benzene rings is 1.